The highest BCUT2D eigenvalue weighted by Crippen LogP contribution is 2.32. The van der Waals surface area contributed by atoms with Gasteiger partial charge in [-0.05, 0) is 67.1 Å². The number of benzene rings is 3. The quantitative estimate of drug-likeness (QED) is 0.241. The molecular weight excluding hydrogens is 514 g/mol. The molecule has 210 valence electrons. The van der Waals surface area contributed by atoms with Gasteiger partial charge >= 0.3 is 11.7 Å². The molecule has 3 aromatic rings. The van der Waals surface area contributed by atoms with E-state index in [1.165, 1.54) is 13.0 Å². The number of aliphatic hydroxyl groups is 1. The summed E-state index contributed by atoms with van der Waals surface area (Å²) in [6.45, 7) is 4.31. The second-order valence-corrected chi connectivity index (χ2v) is 10.00. The van der Waals surface area contributed by atoms with Crippen LogP contribution in [0, 0.1) is 17.0 Å². The Morgan fingerprint density at radius 3 is 2.58 bits per heavy atom. The van der Waals surface area contributed by atoms with Crippen LogP contribution in [0.4, 0.5) is 5.69 Å². The number of hydrogen-bond donors (Lipinski definition) is 3. The lowest BCUT2D eigenvalue weighted by Crippen LogP contribution is -2.53. The van der Waals surface area contributed by atoms with Crippen molar-refractivity contribution in [1.29, 1.82) is 0 Å². The molecule has 1 heterocycles. The normalized spacial score (nSPS) is 16.7. The standard InChI is InChI=1S/C30H33N3O7/c1-19-23(10-6-11-24(19)22-8-4-3-5-9-22)18-40-27-14-13-21(16-26(27)33(38)39)17-32-15-7-12-25(32)29(35)31-28(20(2)34)30(36)37/h3-6,8-11,13-14,16,20,25,28,34H,7,12,15,17-18H2,1-2H3,(H,31,35)(H,36,37)/t20?,25-,28?/m0/s1. The van der Waals surface area contributed by atoms with Crippen LogP contribution in [0.1, 0.15) is 36.5 Å². The van der Waals surface area contributed by atoms with Crippen LogP contribution in [-0.2, 0) is 22.7 Å². The average molecular weight is 548 g/mol. The maximum atomic E-state index is 12.8. The summed E-state index contributed by atoms with van der Waals surface area (Å²) >= 11 is 0. The van der Waals surface area contributed by atoms with E-state index >= 15 is 0 Å². The van der Waals surface area contributed by atoms with Crippen LogP contribution in [0.25, 0.3) is 11.1 Å². The molecule has 3 atom stereocenters. The first-order valence-corrected chi connectivity index (χ1v) is 13.1. The van der Waals surface area contributed by atoms with E-state index in [-0.39, 0.29) is 24.6 Å². The Labute approximate surface area is 232 Å². The maximum Gasteiger partial charge on any atom is 0.328 e. The minimum absolute atomic E-state index is 0.148. The summed E-state index contributed by atoms with van der Waals surface area (Å²) in [7, 11) is 0. The fourth-order valence-corrected chi connectivity index (χ4v) is 5.04. The van der Waals surface area contributed by atoms with E-state index in [9.17, 15) is 29.9 Å². The van der Waals surface area contributed by atoms with E-state index in [0.717, 1.165) is 28.7 Å². The van der Waals surface area contributed by atoms with Gasteiger partial charge in [0.1, 0.15) is 6.61 Å². The van der Waals surface area contributed by atoms with Gasteiger partial charge in [0, 0.05) is 12.6 Å². The Kier molecular flexibility index (Phi) is 9.13. The number of carboxylic acids is 1. The molecule has 40 heavy (non-hydrogen) atoms. The first-order valence-electron chi connectivity index (χ1n) is 13.1. The molecule has 0 radical (unpaired) electrons. The topological polar surface area (TPSA) is 142 Å². The van der Waals surface area contributed by atoms with Crippen molar-refractivity contribution in [3.8, 4) is 16.9 Å². The minimum Gasteiger partial charge on any atom is -0.482 e. The highest BCUT2D eigenvalue weighted by atomic mass is 16.6. The van der Waals surface area contributed by atoms with Gasteiger partial charge in [-0.1, -0.05) is 54.6 Å². The predicted molar refractivity (Wildman–Crippen MR) is 149 cm³/mol. The summed E-state index contributed by atoms with van der Waals surface area (Å²) in [6.07, 6.45) is -0.0196. The second kappa shape index (κ2) is 12.7. The predicted octanol–water partition coefficient (Wildman–Crippen LogP) is 4.06. The van der Waals surface area contributed by atoms with Gasteiger partial charge < -0.3 is 20.3 Å². The zero-order valence-corrected chi connectivity index (χ0v) is 22.4. The van der Waals surface area contributed by atoms with E-state index in [2.05, 4.69) is 5.32 Å². The van der Waals surface area contributed by atoms with Gasteiger partial charge in [0.25, 0.3) is 0 Å². The Bertz CT molecular complexity index is 1380. The number of aliphatic hydroxyl groups excluding tert-OH is 1. The number of ether oxygens (including phenoxy) is 1. The number of carbonyl (C=O) groups is 2. The van der Waals surface area contributed by atoms with Crippen LogP contribution in [0.2, 0.25) is 0 Å². The average Bonchev–Trinajstić information content (AvgIpc) is 3.39. The molecule has 1 fully saturated rings. The van der Waals surface area contributed by atoms with Gasteiger partial charge in [-0.3, -0.25) is 19.8 Å². The number of nitro groups is 1. The van der Waals surface area contributed by atoms with Crippen molar-refractivity contribution in [3.63, 3.8) is 0 Å². The van der Waals surface area contributed by atoms with Gasteiger partial charge in [0.15, 0.2) is 11.8 Å². The van der Waals surface area contributed by atoms with Crippen molar-refractivity contribution in [2.45, 2.75) is 58.0 Å². The van der Waals surface area contributed by atoms with Crippen LogP contribution in [-0.4, -0.2) is 56.6 Å². The SMILES string of the molecule is Cc1c(COc2ccc(CN3CCC[C@H]3C(=O)NC(C(=O)O)C(C)O)cc2[N+](=O)[O-])cccc1-c1ccccc1. The zero-order chi connectivity index (χ0) is 28.8. The van der Waals surface area contributed by atoms with Gasteiger partial charge in [0.05, 0.1) is 17.1 Å². The number of amides is 1. The number of nitrogens with zero attached hydrogens (tertiary/aromatic N) is 2. The third-order valence-corrected chi connectivity index (χ3v) is 7.23. The van der Waals surface area contributed by atoms with E-state index in [1.54, 1.807) is 12.1 Å². The third-order valence-electron chi connectivity index (χ3n) is 7.23. The molecule has 1 amide bonds. The van der Waals surface area contributed by atoms with Crippen molar-refractivity contribution in [2.24, 2.45) is 0 Å². The fraction of sp³-hybridized carbons (Fsp3) is 0.333. The summed E-state index contributed by atoms with van der Waals surface area (Å²) < 4.78 is 5.93. The molecule has 0 spiro atoms. The number of nitro benzene ring substituents is 1. The Morgan fingerprint density at radius 1 is 1.15 bits per heavy atom. The van der Waals surface area contributed by atoms with Gasteiger partial charge in [-0.25, -0.2) is 4.79 Å². The lowest BCUT2D eigenvalue weighted by atomic mass is 9.97. The van der Waals surface area contributed by atoms with E-state index in [0.29, 0.717) is 18.5 Å². The number of likely N-dealkylation sites (tertiary alicyclic amines) is 1. The van der Waals surface area contributed by atoms with Crippen molar-refractivity contribution in [2.75, 3.05) is 6.54 Å². The molecule has 10 heteroatoms. The number of nitrogens with one attached hydrogen (secondary N) is 1. The van der Waals surface area contributed by atoms with Gasteiger partial charge in [0.2, 0.25) is 5.91 Å². The van der Waals surface area contributed by atoms with Crippen LogP contribution in [0.5, 0.6) is 5.75 Å². The van der Waals surface area contributed by atoms with Gasteiger partial charge in [-0.2, -0.15) is 0 Å². The molecule has 0 saturated carbocycles. The van der Waals surface area contributed by atoms with Crippen LogP contribution >= 0.6 is 0 Å². The molecule has 0 bridgehead atoms. The molecule has 10 nitrogen and oxygen atoms in total. The molecule has 4 rings (SSSR count). The minimum atomic E-state index is -1.41. The lowest BCUT2D eigenvalue weighted by Gasteiger charge is -2.26. The number of carbonyl (C=O) groups excluding carboxylic acids is 1. The summed E-state index contributed by atoms with van der Waals surface area (Å²) in [5, 5.41) is 33.3. The number of rotatable bonds is 11. The molecule has 1 aliphatic heterocycles. The van der Waals surface area contributed by atoms with E-state index < -0.39 is 35.0 Å². The molecule has 2 unspecified atom stereocenters. The largest absolute Gasteiger partial charge is 0.482 e. The summed E-state index contributed by atoms with van der Waals surface area (Å²) in [4.78, 5) is 37.5. The highest BCUT2D eigenvalue weighted by molar-refractivity contribution is 5.87. The van der Waals surface area contributed by atoms with Crippen LogP contribution < -0.4 is 10.1 Å². The molecular formula is C30H33N3O7. The Hall–Kier alpha value is -4.28. The first kappa shape index (κ1) is 28.7. The summed E-state index contributed by atoms with van der Waals surface area (Å²) in [5.74, 6) is -1.66. The summed E-state index contributed by atoms with van der Waals surface area (Å²) in [5.41, 5.74) is 4.56. The maximum absolute atomic E-state index is 12.8. The third kappa shape index (κ3) is 6.64. The van der Waals surface area contributed by atoms with E-state index in [1.807, 2.05) is 60.4 Å². The molecule has 3 N–H and O–H groups in total. The van der Waals surface area contributed by atoms with Crippen LogP contribution in [0.15, 0.2) is 66.7 Å². The lowest BCUT2D eigenvalue weighted by molar-refractivity contribution is -0.386. The number of carboxylic acid groups (broad SMARTS) is 1. The fourth-order valence-electron chi connectivity index (χ4n) is 5.04. The Balaban J connectivity index is 1.47. The van der Waals surface area contributed by atoms with Crippen molar-refractivity contribution in [1.82, 2.24) is 10.2 Å². The molecule has 1 aliphatic rings. The van der Waals surface area contributed by atoms with Crippen molar-refractivity contribution >= 4 is 17.6 Å². The summed E-state index contributed by atoms with van der Waals surface area (Å²) in [6, 6.07) is 18.6. The number of aliphatic carboxylic acids is 1. The molecule has 0 aromatic heterocycles. The Morgan fingerprint density at radius 2 is 1.90 bits per heavy atom. The highest BCUT2D eigenvalue weighted by Gasteiger charge is 2.34. The second-order valence-electron chi connectivity index (χ2n) is 10.00. The van der Waals surface area contributed by atoms with Crippen LogP contribution in [0.3, 0.4) is 0 Å². The molecule has 3 aromatic carbocycles. The first-order chi connectivity index (χ1) is 19.2. The monoisotopic (exact) mass is 547 g/mol. The van der Waals surface area contributed by atoms with Crippen molar-refractivity contribution < 1.29 is 29.5 Å². The van der Waals surface area contributed by atoms with E-state index in [4.69, 9.17) is 4.74 Å². The smallest absolute Gasteiger partial charge is 0.328 e. The van der Waals surface area contributed by atoms with Gasteiger partial charge in [-0.15, -0.1) is 0 Å². The van der Waals surface area contributed by atoms with Crippen molar-refractivity contribution in [3.05, 3.63) is 93.5 Å². The molecule has 1 saturated heterocycles. The zero-order valence-electron chi connectivity index (χ0n) is 22.4. The number of hydrogen-bond acceptors (Lipinski definition) is 7. The molecule has 0 aliphatic carbocycles.